The van der Waals surface area contributed by atoms with Gasteiger partial charge in [-0.2, -0.15) is 0 Å². The number of hydrogen-bond donors (Lipinski definition) is 2. The predicted octanol–water partition coefficient (Wildman–Crippen LogP) is 2.58. The van der Waals surface area contributed by atoms with Crippen molar-refractivity contribution in [2.75, 3.05) is 18.9 Å². The number of carbonyl (C=O) groups is 1. The number of aliphatic hydroxyl groups excluding tert-OH is 1. The van der Waals surface area contributed by atoms with Crippen LogP contribution in [0.4, 0.5) is 4.39 Å². The maximum Gasteiger partial charge on any atom is 0.230 e. The first-order valence-electron chi connectivity index (χ1n) is 7.39. The molecule has 1 aromatic carbocycles. The van der Waals surface area contributed by atoms with E-state index in [9.17, 15) is 14.3 Å². The van der Waals surface area contributed by atoms with Gasteiger partial charge in [0.05, 0.1) is 5.75 Å². The highest BCUT2D eigenvalue weighted by molar-refractivity contribution is 7.99. The topological polar surface area (TPSA) is 49.3 Å². The Balaban J connectivity index is 1.62. The van der Waals surface area contributed by atoms with Crippen LogP contribution in [0.15, 0.2) is 24.3 Å². The monoisotopic (exact) mass is 311 g/mol. The van der Waals surface area contributed by atoms with Crippen LogP contribution in [0, 0.1) is 17.7 Å². The molecule has 2 rings (SSSR count). The van der Waals surface area contributed by atoms with Crippen LogP contribution in [0.25, 0.3) is 0 Å². The minimum absolute atomic E-state index is 0.0331. The van der Waals surface area contributed by atoms with Gasteiger partial charge in [-0.05, 0) is 42.4 Å². The summed E-state index contributed by atoms with van der Waals surface area (Å²) in [5, 5.41) is 12.2. The highest BCUT2D eigenvalue weighted by atomic mass is 32.2. The van der Waals surface area contributed by atoms with Gasteiger partial charge in [-0.25, -0.2) is 4.39 Å². The van der Waals surface area contributed by atoms with Gasteiger partial charge in [-0.1, -0.05) is 18.6 Å². The van der Waals surface area contributed by atoms with Gasteiger partial charge >= 0.3 is 0 Å². The van der Waals surface area contributed by atoms with E-state index in [1.165, 1.54) is 23.9 Å². The number of benzene rings is 1. The second-order valence-electron chi connectivity index (χ2n) is 5.56. The fraction of sp³-hybridized carbons (Fsp3) is 0.562. The maximum absolute atomic E-state index is 12.8. The summed E-state index contributed by atoms with van der Waals surface area (Å²) in [6.45, 7) is 0.890. The van der Waals surface area contributed by atoms with Crippen molar-refractivity contribution >= 4 is 17.7 Å². The standard InChI is InChI=1S/C16H22FNO2S/c17-15-6-4-12(5-7-15)10-21-11-16(20)18-8-13-2-1-3-14(13)9-19/h4-7,13-14,19H,1-3,8-11H2,(H,18,20). The molecule has 1 amide bonds. The molecule has 1 aromatic rings. The molecule has 1 aliphatic rings. The van der Waals surface area contributed by atoms with E-state index in [-0.39, 0.29) is 18.3 Å². The fourth-order valence-corrected chi connectivity index (χ4v) is 3.58. The molecule has 2 unspecified atom stereocenters. The van der Waals surface area contributed by atoms with Gasteiger partial charge in [-0.15, -0.1) is 11.8 Å². The molecular formula is C16H22FNO2S. The van der Waals surface area contributed by atoms with Crippen LogP contribution in [0.5, 0.6) is 0 Å². The highest BCUT2D eigenvalue weighted by Gasteiger charge is 2.26. The number of rotatable bonds is 7. The average molecular weight is 311 g/mol. The molecule has 2 N–H and O–H groups in total. The van der Waals surface area contributed by atoms with E-state index < -0.39 is 0 Å². The van der Waals surface area contributed by atoms with Crippen LogP contribution >= 0.6 is 11.8 Å². The predicted molar refractivity (Wildman–Crippen MR) is 83.5 cm³/mol. The minimum Gasteiger partial charge on any atom is -0.396 e. The number of thioether (sulfide) groups is 1. The second kappa shape index (κ2) is 8.39. The normalized spacial score (nSPS) is 21.4. The molecule has 116 valence electrons. The third-order valence-electron chi connectivity index (χ3n) is 4.03. The van der Waals surface area contributed by atoms with Crippen LogP contribution in [0.2, 0.25) is 0 Å². The Kier molecular flexibility index (Phi) is 6.51. The number of halogens is 1. The van der Waals surface area contributed by atoms with E-state index in [1.807, 2.05) is 0 Å². The fourth-order valence-electron chi connectivity index (χ4n) is 2.76. The zero-order valence-corrected chi connectivity index (χ0v) is 12.9. The molecule has 1 saturated carbocycles. The third-order valence-corrected chi connectivity index (χ3v) is 5.03. The van der Waals surface area contributed by atoms with Gasteiger partial charge in [0.15, 0.2) is 0 Å². The van der Waals surface area contributed by atoms with E-state index in [2.05, 4.69) is 5.32 Å². The van der Waals surface area contributed by atoms with Crippen molar-refractivity contribution in [2.45, 2.75) is 25.0 Å². The summed E-state index contributed by atoms with van der Waals surface area (Å²) < 4.78 is 12.8. The first-order valence-corrected chi connectivity index (χ1v) is 8.54. The third kappa shape index (κ3) is 5.32. The van der Waals surface area contributed by atoms with Crippen LogP contribution in [-0.4, -0.2) is 29.9 Å². The van der Waals surface area contributed by atoms with Crippen molar-refractivity contribution in [1.82, 2.24) is 5.32 Å². The molecule has 1 fully saturated rings. The molecule has 1 aliphatic carbocycles. The number of amides is 1. The lowest BCUT2D eigenvalue weighted by Crippen LogP contribution is -2.32. The van der Waals surface area contributed by atoms with Crippen LogP contribution in [0.1, 0.15) is 24.8 Å². The molecule has 5 heteroatoms. The largest absolute Gasteiger partial charge is 0.396 e. The molecule has 0 aromatic heterocycles. The zero-order valence-electron chi connectivity index (χ0n) is 12.1. The zero-order chi connectivity index (χ0) is 15.1. The van der Waals surface area contributed by atoms with Gasteiger partial charge in [0.25, 0.3) is 0 Å². The molecule has 0 heterocycles. The van der Waals surface area contributed by atoms with E-state index in [0.717, 1.165) is 24.8 Å². The average Bonchev–Trinajstić information content (AvgIpc) is 2.95. The SMILES string of the molecule is O=C(CSCc1ccc(F)cc1)NCC1CCCC1CO. The number of carbonyl (C=O) groups excluding carboxylic acids is 1. The Morgan fingerprint density at radius 2 is 2.00 bits per heavy atom. The lowest BCUT2D eigenvalue weighted by atomic mass is 9.97. The summed E-state index contributed by atoms with van der Waals surface area (Å²) in [6, 6.07) is 6.35. The Morgan fingerprint density at radius 3 is 2.71 bits per heavy atom. The van der Waals surface area contributed by atoms with E-state index in [4.69, 9.17) is 0 Å². The van der Waals surface area contributed by atoms with Gasteiger partial charge in [0.2, 0.25) is 5.91 Å². The first kappa shape index (κ1) is 16.3. The molecular weight excluding hydrogens is 289 g/mol. The van der Waals surface area contributed by atoms with Crippen LogP contribution < -0.4 is 5.32 Å². The summed E-state index contributed by atoms with van der Waals surface area (Å²) in [4.78, 5) is 11.8. The molecule has 21 heavy (non-hydrogen) atoms. The van der Waals surface area contributed by atoms with Crippen molar-refractivity contribution in [1.29, 1.82) is 0 Å². The van der Waals surface area contributed by atoms with Crippen LogP contribution in [-0.2, 0) is 10.5 Å². The minimum atomic E-state index is -0.239. The Bertz CT molecular complexity index is 452. The quantitative estimate of drug-likeness (QED) is 0.814. The van der Waals surface area contributed by atoms with Gasteiger partial charge in [-0.3, -0.25) is 4.79 Å². The van der Waals surface area contributed by atoms with E-state index in [1.54, 1.807) is 12.1 Å². The number of hydrogen-bond acceptors (Lipinski definition) is 3. The lowest BCUT2D eigenvalue weighted by Gasteiger charge is -2.17. The van der Waals surface area contributed by atoms with Crippen molar-refractivity contribution in [3.05, 3.63) is 35.6 Å². The molecule has 0 spiro atoms. The van der Waals surface area contributed by atoms with Crippen molar-refractivity contribution in [3.63, 3.8) is 0 Å². The van der Waals surface area contributed by atoms with Crippen LogP contribution in [0.3, 0.4) is 0 Å². The summed E-state index contributed by atoms with van der Waals surface area (Å²) >= 11 is 1.53. The maximum atomic E-state index is 12.8. The summed E-state index contributed by atoms with van der Waals surface area (Å²) in [7, 11) is 0. The lowest BCUT2D eigenvalue weighted by molar-refractivity contribution is -0.118. The molecule has 0 bridgehead atoms. The highest BCUT2D eigenvalue weighted by Crippen LogP contribution is 2.30. The Hall–Kier alpha value is -1.07. The molecule has 0 saturated heterocycles. The second-order valence-corrected chi connectivity index (χ2v) is 6.54. The van der Waals surface area contributed by atoms with E-state index >= 15 is 0 Å². The number of aliphatic hydroxyl groups is 1. The van der Waals surface area contributed by atoms with Crippen molar-refractivity contribution < 1.29 is 14.3 Å². The first-order chi connectivity index (χ1) is 10.2. The van der Waals surface area contributed by atoms with E-state index in [0.29, 0.717) is 29.9 Å². The van der Waals surface area contributed by atoms with Gasteiger partial charge in [0, 0.05) is 18.9 Å². The Labute approximate surface area is 129 Å². The van der Waals surface area contributed by atoms with Gasteiger partial charge in [0.1, 0.15) is 5.82 Å². The molecule has 0 radical (unpaired) electrons. The Morgan fingerprint density at radius 1 is 1.29 bits per heavy atom. The van der Waals surface area contributed by atoms with Crippen molar-refractivity contribution in [2.24, 2.45) is 11.8 Å². The molecule has 0 aliphatic heterocycles. The van der Waals surface area contributed by atoms with Crippen molar-refractivity contribution in [3.8, 4) is 0 Å². The number of nitrogens with one attached hydrogen (secondary N) is 1. The van der Waals surface area contributed by atoms with Gasteiger partial charge < -0.3 is 10.4 Å². The summed E-state index contributed by atoms with van der Waals surface area (Å²) in [5.74, 6) is 1.67. The molecule has 2 atom stereocenters. The summed E-state index contributed by atoms with van der Waals surface area (Å²) in [6.07, 6.45) is 3.30. The molecule has 3 nitrogen and oxygen atoms in total. The smallest absolute Gasteiger partial charge is 0.230 e. The summed E-state index contributed by atoms with van der Waals surface area (Å²) in [5.41, 5.74) is 1.02.